The van der Waals surface area contributed by atoms with Crippen LogP contribution in [0.5, 0.6) is 5.88 Å². The topological polar surface area (TPSA) is 60.5 Å². The van der Waals surface area contributed by atoms with E-state index in [2.05, 4.69) is 24.1 Å². The van der Waals surface area contributed by atoms with Crippen LogP contribution in [0.15, 0.2) is 12.3 Å². The molecule has 1 N–H and O–H groups in total. The standard InChI is InChI=1S/C19H30N2O3/c1-5-10-23-17-15(4)11-16(13-20-17)21-18(22)19(24-6-2)9-7-8-14(3)12-19/h11,13-14H,5-10,12H2,1-4H3,(H,21,22)/t14-,19+/m1/s1. The van der Waals surface area contributed by atoms with Crippen LogP contribution in [0, 0.1) is 12.8 Å². The van der Waals surface area contributed by atoms with E-state index in [0.717, 1.165) is 37.7 Å². The van der Waals surface area contributed by atoms with Crippen molar-refractivity contribution in [1.29, 1.82) is 0 Å². The molecule has 5 nitrogen and oxygen atoms in total. The zero-order valence-corrected chi connectivity index (χ0v) is 15.4. The molecule has 0 spiro atoms. The van der Waals surface area contributed by atoms with Crippen LogP contribution in [0.1, 0.15) is 58.4 Å². The number of hydrogen-bond acceptors (Lipinski definition) is 4. The Morgan fingerprint density at radius 1 is 1.46 bits per heavy atom. The van der Waals surface area contributed by atoms with E-state index in [9.17, 15) is 4.79 Å². The van der Waals surface area contributed by atoms with Gasteiger partial charge in [0, 0.05) is 12.2 Å². The highest BCUT2D eigenvalue weighted by atomic mass is 16.5. The van der Waals surface area contributed by atoms with Gasteiger partial charge in [0.1, 0.15) is 5.60 Å². The average molecular weight is 334 g/mol. The molecule has 0 saturated heterocycles. The third kappa shape index (κ3) is 4.47. The lowest BCUT2D eigenvalue weighted by Gasteiger charge is -2.38. The fourth-order valence-electron chi connectivity index (χ4n) is 3.41. The molecule has 0 unspecified atom stereocenters. The molecule has 0 aliphatic heterocycles. The van der Waals surface area contributed by atoms with Gasteiger partial charge in [-0.1, -0.05) is 20.3 Å². The minimum Gasteiger partial charge on any atom is -0.477 e. The van der Waals surface area contributed by atoms with E-state index in [0.29, 0.717) is 30.7 Å². The molecule has 0 bridgehead atoms. The minimum absolute atomic E-state index is 0.0562. The van der Waals surface area contributed by atoms with E-state index < -0.39 is 5.60 Å². The molecule has 0 radical (unpaired) electrons. The molecule has 1 saturated carbocycles. The molecule has 1 aliphatic carbocycles. The number of carbonyl (C=O) groups excluding carboxylic acids is 1. The Morgan fingerprint density at radius 2 is 2.25 bits per heavy atom. The van der Waals surface area contributed by atoms with Crippen LogP contribution >= 0.6 is 0 Å². The molecular formula is C19H30N2O3. The summed E-state index contributed by atoms with van der Waals surface area (Å²) in [4.78, 5) is 17.2. The summed E-state index contributed by atoms with van der Waals surface area (Å²) < 4.78 is 11.5. The second kappa shape index (κ2) is 8.47. The van der Waals surface area contributed by atoms with E-state index in [1.807, 2.05) is 19.9 Å². The fraction of sp³-hybridized carbons (Fsp3) is 0.684. The zero-order chi connectivity index (χ0) is 17.6. The second-order valence-corrected chi connectivity index (χ2v) is 6.78. The van der Waals surface area contributed by atoms with Crippen LogP contribution in [-0.2, 0) is 9.53 Å². The van der Waals surface area contributed by atoms with Crippen LogP contribution < -0.4 is 10.1 Å². The first kappa shape index (κ1) is 18.7. The van der Waals surface area contributed by atoms with Crippen molar-refractivity contribution in [2.75, 3.05) is 18.5 Å². The van der Waals surface area contributed by atoms with Gasteiger partial charge in [0.2, 0.25) is 5.88 Å². The Hall–Kier alpha value is -1.62. The molecule has 5 heteroatoms. The number of amides is 1. The summed E-state index contributed by atoms with van der Waals surface area (Å²) in [6, 6.07) is 1.90. The van der Waals surface area contributed by atoms with Crippen LogP contribution in [0.3, 0.4) is 0 Å². The lowest BCUT2D eigenvalue weighted by Crippen LogP contribution is -2.48. The van der Waals surface area contributed by atoms with Gasteiger partial charge in [0.25, 0.3) is 5.91 Å². The van der Waals surface area contributed by atoms with Crippen LogP contribution in [-0.4, -0.2) is 29.7 Å². The largest absolute Gasteiger partial charge is 0.477 e. The summed E-state index contributed by atoms with van der Waals surface area (Å²) in [7, 11) is 0. The van der Waals surface area contributed by atoms with E-state index in [1.54, 1.807) is 6.20 Å². The van der Waals surface area contributed by atoms with E-state index in [4.69, 9.17) is 9.47 Å². The highest BCUT2D eigenvalue weighted by Gasteiger charge is 2.42. The SMILES string of the molecule is CCCOc1ncc(NC(=O)[C@]2(OCC)CCC[C@@H](C)C2)cc1C. The Morgan fingerprint density at radius 3 is 2.88 bits per heavy atom. The van der Waals surface area contributed by atoms with Crippen molar-refractivity contribution in [1.82, 2.24) is 4.98 Å². The first-order valence-electron chi connectivity index (χ1n) is 9.05. The number of rotatable bonds is 7. The molecule has 134 valence electrons. The summed E-state index contributed by atoms with van der Waals surface area (Å²) in [5, 5.41) is 3.00. The Bertz CT molecular complexity index is 558. The number of anilines is 1. The van der Waals surface area contributed by atoms with Gasteiger partial charge < -0.3 is 14.8 Å². The molecule has 1 amide bonds. The van der Waals surface area contributed by atoms with E-state index in [1.165, 1.54) is 0 Å². The van der Waals surface area contributed by atoms with Crippen molar-refractivity contribution < 1.29 is 14.3 Å². The molecule has 1 aliphatic rings. The minimum atomic E-state index is -0.711. The maximum Gasteiger partial charge on any atom is 0.256 e. The summed E-state index contributed by atoms with van der Waals surface area (Å²) in [5.74, 6) is 1.07. The third-order valence-corrected chi connectivity index (χ3v) is 4.52. The van der Waals surface area contributed by atoms with Crippen molar-refractivity contribution in [3.05, 3.63) is 17.8 Å². The summed E-state index contributed by atoms with van der Waals surface area (Å²) >= 11 is 0. The molecule has 24 heavy (non-hydrogen) atoms. The van der Waals surface area contributed by atoms with Crippen molar-refractivity contribution in [3.63, 3.8) is 0 Å². The number of carbonyl (C=O) groups is 1. The van der Waals surface area contributed by atoms with Crippen molar-refractivity contribution >= 4 is 11.6 Å². The number of hydrogen-bond donors (Lipinski definition) is 1. The lowest BCUT2D eigenvalue weighted by atomic mass is 9.78. The van der Waals surface area contributed by atoms with Crippen molar-refractivity contribution in [3.8, 4) is 5.88 Å². The predicted octanol–water partition coefficient (Wildman–Crippen LogP) is 4.10. The maximum atomic E-state index is 12.9. The average Bonchev–Trinajstić information content (AvgIpc) is 2.54. The molecule has 1 heterocycles. The highest BCUT2D eigenvalue weighted by Crippen LogP contribution is 2.36. The zero-order valence-electron chi connectivity index (χ0n) is 15.4. The highest BCUT2D eigenvalue weighted by molar-refractivity contribution is 5.97. The summed E-state index contributed by atoms with van der Waals surface area (Å²) in [6.45, 7) is 9.31. The molecule has 1 aromatic rings. The molecule has 0 aromatic carbocycles. The van der Waals surface area contributed by atoms with E-state index in [-0.39, 0.29) is 5.91 Å². The number of nitrogens with one attached hydrogen (secondary N) is 1. The smallest absolute Gasteiger partial charge is 0.256 e. The maximum absolute atomic E-state index is 12.9. The van der Waals surface area contributed by atoms with Crippen LogP contribution in [0.2, 0.25) is 0 Å². The summed E-state index contributed by atoms with van der Waals surface area (Å²) in [6.07, 6.45) is 6.33. The Labute approximate surface area is 145 Å². The number of nitrogens with zero attached hydrogens (tertiary/aromatic N) is 1. The quantitative estimate of drug-likeness (QED) is 0.815. The lowest BCUT2D eigenvalue weighted by molar-refractivity contribution is -0.147. The fourth-order valence-corrected chi connectivity index (χ4v) is 3.41. The van der Waals surface area contributed by atoms with Crippen LogP contribution in [0.4, 0.5) is 5.69 Å². The third-order valence-electron chi connectivity index (χ3n) is 4.52. The second-order valence-electron chi connectivity index (χ2n) is 6.78. The van der Waals surface area contributed by atoms with Gasteiger partial charge in [-0.2, -0.15) is 0 Å². The van der Waals surface area contributed by atoms with Gasteiger partial charge in [0.05, 0.1) is 18.5 Å². The van der Waals surface area contributed by atoms with E-state index >= 15 is 0 Å². The number of pyridine rings is 1. The van der Waals surface area contributed by atoms with Gasteiger partial charge in [0.15, 0.2) is 0 Å². The number of ether oxygens (including phenoxy) is 2. The van der Waals surface area contributed by atoms with Gasteiger partial charge >= 0.3 is 0 Å². The van der Waals surface area contributed by atoms with Crippen LogP contribution in [0.25, 0.3) is 0 Å². The molecule has 1 fully saturated rings. The molecule has 2 rings (SSSR count). The Balaban J connectivity index is 2.10. The van der Waals surface area contributed by atoms with Gasteiger partial charge in [-0.25, -0.2) is 4.98 Å². The van der Waals surface area contributed by atoms with Crippen molar-refractivity contribution in [2.45, 2.75) is 65.4 Å². The summed E-state index contributed by atoms with van der Waals surface area (Å²) in [5.41, 5.74) is 0.903. The first-order valence-corrected chi connectivity index (χ1v) is 9.05. The Kier molecular flexibility index (Phi) is 6.60. The first-order chi connectivity index (χ1) is 11.5. The normalized spacial score (nSPS) is 23.8. The number of aryl methyl sites for hydroxylation is 1. The van der Waals surface area contributed by atoms with Gasteiger partial charge in [-0.15, -0.1) is 0 Å². The molecule has 2 atom stereocenters. The monoisotopic (exact) mass is 334 g/mol. The predicted molar refractivity (Wildman–Crippen MR) is 95.4 cm³/mol. The van der Waals surface area contributed by atoms with Gasteiger partial charge in [-0.05, 0) is 51.5 Å². The molecule has 1 aromatic heterocycles. The molecular weight excluding hydrogens is 304 g/mol. The van der Waals surface area contributed by atoms with Gasteiger partial charge in [-0.3, -0.25) is 4.79 Å². The number of aromatic nitrogens is 1. The van der Waals surface area contributed by atoms with Crippen molar-refractivity contribution in [2.24, 2.45) is 5.92 Å².